The normalized spacial score (nSPS) is 18.7. The molecule has 0 unspecified atom stereocenters. The zero-order chi connectivity index (χ0) is 10.0. The first-order chi connectivity index (χ1) is 6.77. The highest BCUT2D eigenvalue weighted by Gasteiger charge is 2.31. The molecule has 74 valence electrons. The van der Waals surface area contributed by atoms with E-state index in [0.717, 1.165) is 17.9 Å². The van der Waals surface area contributed by atoms with Crippen molar-refractivity contribution in [1.29, 1.82) is 0 Å². The van der Waals surface area contributed by atoms with Crippen molar-refractivity contribution in [3.8, 4) is 0 Å². The molecule has 1 aromatic carbocycles. The van der Waals surface area contributed by atoms with E-state index in [1.807, 2.05) is 12.1 Å². The first-order valence-corrected chi connectivity index (χ1v) is 5.26. The summed E-state index contributed by atoms with van der Waals surface area (Å²) in [5.74, 6) is 0. The maximum absolute atomic E-state index is 5.87. The van der Waals surface area contributed by atoms with Crippen LogP contribution in [-0.4, -0.2) is 6.54 Å². The van der Waals surface area contributed by atoms with Gasteiger partial charge in [-0.3, -0.25) is 0 Å². The summed E-state index contributed by atoms with van der Waals surface area (Å²) < 4.78 is 0. The van der Waals surface area contributed by atoms with E-state index in [1.54, 1.807) is 0 Å². The van der Waals surface area contributed by atoms with Crippen LogP contribution in [0.2, 0.25) is 5.02 Å². The van der Waals surface area contributed by atoms with Gasteiger partial charge in [0, 0.05) is 17.0 Å². The van der Waals surface area contributed by atoms with E-state index in [0.29, 0.717) is 6.54 Å². The Kier molecular flexibility index (Phi) is 2.62. The molecular weight excluding hydrogens is 194 g/mol. The highest BCUT2D eigenvalue weighted by molar-refractivity contribution is 6.30. The Bertz CT molecular complexity index is 332. The van der Waals surface area contributed by atoms with Crippen LogP contribution in [0.1, 0.15) is 18.4 Å². The van der Waals surface area contributed by atoms with Crippen molar-refractivity contribution in [3.05, 3.63) is 47.0 Å². The lowest BCUT2D eigenvalue weighted by atomic mass is 9.78. The third-order valence-electron chi connectivity index (χ3n) is 3.03. The van der Waals surface area contributed by atoms with Crippen LogP contribution in [0.25, 0.3) is 0 Å². The second-order valence-corrected chi connectivity index (χ2v) is 4.31. The van der Waals surface area contributed by atoms with Crippen LogP contribution in [0.15, 0.2) is 36.4 Å². The first kappa shape index (κ1) is 9.75. The standard InChI is InChI=1S/C12H14ClN/c13-11-5-3-10(4-6-11)12(9-14)7-1-2-8-12/h1-6H,7-9,14H2. The monoisotopic (exact) mass is 207 g/mol. The van der Waals surface area contributed by atoms with Crippen molar-refractivity contribution in [2.45, 2.75) is 18.3 Å². The van der Waals surface area contributed by atoms with E-state index in [1.165, 1.54) is 5.56 Å². The van der Waals surface area contributed by atoms with E-state index in [-0.39, 0.29) is 5.41 Å². The number of rotatable bonds is 2. The summed E-state index contributed by atoms with van der Waals surface area (Å²) >= 11 is 5.86. The highest BCUT2D eigenvalue weighted by Crippen LogP contribution is 2.36. The van der Waals surface area contributed by atoms with Gasteiger partial charge in [0.05, 0.1) is 0 Å². The van der Waals surface area contributed by atoms with Gasteiger partial charge < -0.3 is 5.73 Å². The molecular formula is C12H14ClN. The number of benzene rings is 1. The number of nitrogens with two attached hydrogens (primary N) is 1. The first-order valence-electron chi connectivity index (χ1n) is 4.88. The quantitative estimate of drug-likeness (QED) is 0.742. The minimum Gasteiger partial charge on any atom is -0.330 e. The molecule has 0 saturated heterocycles. The lowest BCUT2D eigenvalue weighted by molar-refractivity contribution is 0.471. The van der Waals surface area contributed by atoms with Gasteiger partial charge in [-0.15, -0.1) is 0 Å². The summed E-state index contributed by atoms with van der Waals surface area (Å²) in [6.07, 6.45) is 6.51. The van der Waals surface area contributed by atoms with Crippen molar-refractivity contribution >= 4 is 11.6 Å². The molecule has 0 fully saturated rings. The molecule has 0 aliphatic heterocycles. The lowest BCUT2D eigenvalue weighted by Crippen LogP contribution is -2.32. The van der Waals surface area contributed by atoms with Gasteiger partial charge in [0.1, 0.15) is 0 Å². The molecule has 1 aliphatic carbocycles. The molecule has 0 aromatic heterocycles. The van der Waals surface area contributed by atoms with Gasteiger partial charge in [-0.05, 0) is 30.5 Å². The largest absolute Gasteiger partial charge is 0.330 e. The third-order valence-corrected chi connectivity index (χ3v) is 3.28. The van der Waals surface area contributed by atoms with Crippen molar-refractivity contribution in [2.75, 3.05) is 6.54 Å². The topological polar surface area (TPSA) is 26.0 Å². The van der Waals surface area contributed by atoms with Gasteiger partial charge in [0.2, 0.25) is 0 Å². The smallest absolute Gasteiger partial charge is 0.0406 e. The van der Waals surface area contributed by atoms with Crippen LogP contribution in [0, 0.1) is 0 Å². The molecule has 0 amide bonds. The molecule has 0 bridgehead atoms. The van der Waals surface area contributed by atoms with Gasteiger partial charge in [-0.1, -0.05) is 35.9 Å². The molecule has 2 N–H and O–H groups in total. The number of halogens is 1. The average molecular weight is 208 g/mol. The SMILES string of the molecule is NCC1(c2ccc(Cl)cc2)CC=CC1. The van der Waals surface area contributed by atoms with E-state index in [9.17, 15) is 0 Å². The number of hydrogen-bond acceptors (Lipinski definition) is 1. The van der Waals surface area contributed by atoms with Crippen LogP contribution in [0.5, 0.6) is 0 Å². The summed E-state index contributed by atoms with van der Waals surface area (Å²) in [5.41, 5.74) is 7.30. The Morgan fingerprint density at radius 1 is 1.14 bits per heavy atom. The maximum Gasteiger partial charge on any atom is 0.0406 e. The van der Waals surface area contributed by atoms with Crippen LogP contribution in [0.4, 0.5) is 0 Å². The van der Waals surface area contributed by atoms with Gasteiger partial charge in [0.15, 0.2) is 0 Å². The molecule has 0 radical (unpaired) electrons. The summed E-state index contributed by atoms with van der Waals surface area (Å²) in [6, 6.07) is 8.05. The summed E-state index contributed by atoms with van der Waals surface area (Å²) in [4.78, 5) is 0. The molecule has 2 rings (SSSR count). The van der Waals surface area contributed by atoms with Gasteiger partial charge in [-0.2, -0.15) is 0 Å². The predicted octanol–water partition coefficient (Wildman–Crippen LogP) is 2.89. The Labute approximate surface area is 89.6 Å². The molecule has 1 nitrogen and oxygen atoms in total. The number of hydrogen-bond donors (Lipinski definition) is 1. The molecule has 2 heteroatoms. The second-order valence-electron chi connectivity index (χ2n) is 3.87. The van der Waals surface area contributed by atoms with Gasteiger partial charge in [-0.25, -0.2) is 0 Å². The minimum atomic E-state index is 0.130. The van der Waals surface area contributed by atoms with Crippen molar-refractivity contribution in [1.82, 2.24) is 0 Å². The van der Waals surface area contributed by atoms with Crippen molar-refractivity contribution < 1.29 is 0 Å². The molecule has 0 spiro atoms. The van der Waals surface area contributed by atoms with Crippen molar-refractivity contribution in [2.24, 2.45) is 5.73 Å². The minimum absolute atomic E-state index is 0.130. The van der Waals surface area contributed by atoms with E-state index in [2.05, 4.69) is 24.3 Å². The van der Waals surface area contributed by atoms with E-state index in [4.69, 9.17) is 17.3 Å². The molecule has 14 heavy (non-hydrogen) atoms. The molecule has 0 atom stereocenters. The summed E-state index contributed by atoms with van der Waals surface area (Å²) in [7, 11) is 0. The average Bonchev–Trinajstić information content (AvgIpc) is 2.68. The Morgan fingerprint density at radius 2 is 1.71 bits per heavy atom. The third kappa shape index (κ3) is 1.58. The highest BCUT2D eigenvalue weighted by atomic mass is 35.5. The zero-order valence-electron chi connectivity index (χ0n) is 8.04. The van der Waals surface area contributed by atoms with Crippen LogP contribution in [0.3, 0.4) is 0 Å². The summed E-state index contributed by atoms with van der Waals surface area (Å²) in [5, 5.41) is 0.784. The molecule has 1 aromatic rings. The maximum atomic E-state index is 5.87. The zero-order valence-corrected chi connectivity index (χ0v) is 8.80. The van der Waals surface area contributed by atoms with Crippen LogP contribution in [-0.2, 0) is 5.41 Å². The summed E-state index contributed by atoms with van der Waals surface area (Å²) in [6.45, 7) is 0.696. The molecule has 0 saturated carbocycles. The van der Waals surface area contributed by atoms with Crippen molar-refractivity contribution in [3.63, 3.8) is 0 Å². The van der Waals surface area contributed by atoms with Crippen LogP contribution >= 0.6 is 11.6 Å². The van der Waals surface area contributed by atoms with E-state index < -0.39 is 0 Å². The fourth-order valence-corrected chi connectivity index (χ4v) is 2.15. The Morgan fingerprint density at radius 3 is 2.21 bits per heavy atom. The van der Waals surface area contributed by atoms with E-state index >= 15 is 0 Å². The fraction of sp³-hybridized carbons (Fsp3) is 0.333. The number of allylic oxidation sites excluding steroid dienone is 2. The molecule has 0 heterocycles. The Balaban J connectivity index is 2.32. The second kappa shape index (κ2) is 3.76. The lowest BCUT2D eigenvalue weighted by Gasteiger charge is -2.27. The van der Waals surface area contributed by atoms with Gasteiger partial charge in [0.25, 0.3) is 0 Å². The Hall–Kier alpha value is -0.790. The molecule has 1 aliphatic rings. The van der Waals surface area contributed by atoms with Crippen LogP contribution < -0.4 is 5.73 Å². The fourth-order valence-electron chi connectivity index (χ4n) is 2.02. The van der Waals surface area contributed by atoms with Gasteiger partial charge >= 0.3 is 0 Å². The predicted molar refractivity (Wildman–Crippen MR) is 60.6 cm³/mol.